The molecule has 0 aliphatic carbocycles. The molecule has 2 rings (SSSR count). The molecule has 1 aliphatic heterocycles. The number of nitriles is 1. The summed E-state index contributed by atoms with van der Waals surface area (Å²) in [6.45, 7) is 1.95. The van der Waals surface area contributed by atoms with Crippen molar-refractivity contribution in [3.8, 4) is 6.07 Å². The Balaban J connectivity index is 2.68. The average molecular weight is 226 g/mol. The molecule has 84 valence electrons. The van der Waals surface area contributed by atoms with Crippen molar-refractivity contribution in [2.75, 3.05) is 5.32 Å². The van der Waals surface area contributed by atoms with E-state index in [0.29, 0.717) is 5.57 Å². The summed E-state index contributed by atoms with van der Waals surface area (Å²) in [4.78, 5) is 11.0. The van der Waals surface area contributed by atoms with Crippen LogP contribution >= 0.6 is 0 Å². The van der Waals surface area contributed by atoms with Crippen LogP contribution < -0.4 is 5.32 Å². The molecule has 0 saturated heterocycles. The maximum absolute atomic E-state index is 11.0. The fraction of sp³-hybridized carbons (Fsp3) is 0.0769. The van der Waals surface area contributed by atoms with Crippen LogP contribution in [0.1, 0.15) is 11.1 Å². The van der Waals surface area contributed by atoms with E-state index in [4.69, 9.17) is 10.4 Å². The van der Waals surface area contributed by atoms with Crippen molar-refractivity contribution >= 4 is 17.2 Å². The molecule has 4 nitrogen and oxygen atoms in total. The van der Waals surface area contributed by atoms with E-state index in [9.17, 15) is 4.79 Å². The number of carboxylic acid groups (broad SMARTS) is 1. The molecule has 0 aromatic heterocycles. The number of hydrogen-bond donors (Lipinski definition) is 2. The van der Waals surface area contributed by atoms with Gasteiger partial charge in [0.05, 0.1) is 0 Å². The normalized spacial score (nSPS) is 15.5. The van der Waals surface area contributed by atoms with E-state index in [0.717, 1.165) is 16.8 Å². The molecule has 0 atom stereocenters. The van der Waals surface area contributed by atoms with Gasteiger partial charge in [-0.25, -0.2) is 4.79 Å². The number of benzene rings is 1. The predicted molar refractivity (Wildman–Crippen MR) is 64.1 cm³/mol. The Bertz CT molecular complexity index is 592. The smallest absolute Gasteiger partial charge is 0.347 e. The molecule has 1 heterocycles. The molecular weight excluding hydrogens is 216 g/mol. The van der Waals surface area contributed by atoms with Crippen LogP contribution in [-0.2, 0) is 4.79 Å². The van der Waals surface area contributed by atoms with Gasteiger partial charge in [-0.3, -0.25) is 0 Å². The lowest BCUT2D eigenvalue weighted by molar-refractivity contribution is -0.132. The number of aliphatic carboxylic acids is 1. The molecule has 0 radical (unpaired) electrons. The van der Waals surface area contributed by atoms with Gasteiger partial charge in [0.1, 0.15) is 11.6 Å². The summed E-state index contributed by atoms with van der Waals surface area (Å²) in [5.41, 5.74) is 2.81. The fourth-order valence-corrected chi connectivity index (χ4v) is 1.76. The summed E-state index contributed by atoms with van der Waals surface area (Å²) < 4.78 is 0. The van der Waals surface area contributed by atoms with Crippen LogP contribution in [0.3, 0.4) is 0 Å². The Morgan fingerprint density at radius 3 is 2.88 bits per heavy atom. The summed E-state index contributed by atoms with van der Waals surface area (Å²) in [6.07, 6.45) is 3.24. The van der Waals surface area contributed by atoms with Gasteiger partial charge in [0.15, 0.2) is 0 Å². The van der Waals surface area contributed by atoms with Crippen molar-refractivity contribution in [3.63, 3.8) is 0 Å². The maximum Gasteiger partial charge on any atom is 0.347 e. The van der Waals surface area contributed by atoms with Crippen LogP contribution in [0.4, 0.5) is 5.69 Å². The largest absolute Gasteiger partial charge is 0.477 e. The second kappa shape index (κ2) is 4.14. The van der Waals surface area contributed by atoms with Gasteiger partial charge >= 0.3 is 5.97 Å². The van der Waals surface area contributed by atoms with Crippen LogP contribution in [0.5, 0.6) is 0 Å². The molecule has 17 heavy (non-hydrogen) atoms. The van der Waals surface area contributed by atoms with Crippen LogP contribution in [0.2, 0.25) is 0 Å². The second-order valence-electron chi connectivity index (χ2n) is 3.73. The topological polar surface area (TPSA) is 73.1 Å². The number of aryl methyl sites for hydroxylation is 1. The highest BCUT2D eigenvalue weighted by molar-refractivity contribution is 6.05. The summed E-state index contributed by atoms with van der Waals surface area (Å²) in [6, 6.07) is 7.34. The summed E-state index contributed by atoms with van der Waals surface area (Å²) in [5, 5.41) is 20.9. The molecule has 4 heteroatoms. The van der Waals surface area contributed by atoms with Crippen LogP contribution in [0.25, 0.3) is 5.57 Å². The highest BCUT2D eigenvalue weighted by Gasteiger charge is 2.18. The third kappa shape index (κ3) is 1.91. The average Bonchev–Trinajstić information content (AvgIpc) is 2.29. The number of fused-ring (bicyclic) bond motifs is 1. The van der Waals surface area contributed by atoms with Crippen molar-refractivity contribution in [1.82, 2.24) is 0 Å². The Labute approximate surface area is 98.5 Å². The minimum absolute atomic E-state index is 0.243. The Morgan fingerprint density at radius 2 is 2.24 bits per heavy atom. The maximum atomic E-state index is 11.0. The number of carbonyl (C=O) groups is 1. The molecule has 1 aliphatic rings. The molecule has 0 amide bonds. The first-order valence-corrected chi connectivity index (χ1v) is 5.05. The number of rotatable bonds is 1. The number of allylic oxidation sites excluding steroid dienone is 2. The van der Waals surface area contributed by atoms with E-state index in [1.54, 1.807) is 18.3 Å². The monoisotopic (exact) mass is 226 g/mol. The molecule has 0 fully saturated rings. The molecule has 1 aromatic carbocycles. The zero-order chi connectivity index (χ0) is 12.4. The highest BCUT2D eigenvalue weighted by Crippen LogP contribution is 2.31. The van der Waals surface area contributed by atoms with E-state index in [1.807, 2.05) is 25.1 Å². The van der Waals surface area contributed by atoms with Crippen molar-refractivity contribution in [2.24, 2.45) is 0 Å². The van der Waals surface area contributed by atoms with Gasteiger partial charge in [0.25, 0.3) is 0 Å². The summed E-state index contributed by atoms with van der Waals surface area (Å²) in [7, 11) is 0. The predicted octanol–water partition coefficient (Wildman–Crippen LogP) is 2.30. The number of hydrogen-bond acceptors (Lipinski definition) is 3. The van der Waals surface area contributed by atoms with E-state index in [-0.39, 0.29) is 5.57 Å². The highest BCUT2D eigenvalue weighted by atomic mass is 16.4. The second-order valence-corrected chi connectivity index (χ2v) is 3.73. The SMILES string of the molecule is Cc1ccc2c(c1)NC=C/C2=C(/C#N)C(=O)O. The lowest BCUT2D eigenvalue weighted by Gasteiger charge is -2.16. The number of nitrogens with one attached hydrogen (secondary N) is 1. The molecule has 2 N–H and O–H groups in total. The van der Waals surface area contributed by atoms with Crippen LogP contribution in [0, 0.1) is 18.3 Å². The Kier molecular flexibility index (Phi) is 2.67. The lowest BCUT2D eigenvalue weighted by atomic mass is 9.95. The van der Waals surface area contributed by atoms with Gasteiger partial charge in [-0.15, -0.1) is 0 Å². The molecule has 0 spiro atoms. The summed E-state index contributed by atoms with van der Waals surface area (Å²) >= 11 is 0. The quantitative estimate of drug-likeness (QED) is 0.569. The summed E-state index contributed by atoms with van der Waals surface area (Å²) in [5.74, 6) is -1.21. The molecule has 1 aromatic rings. The first kappa shape index (κ1) is 11.0. The van der Waals surface area contributed by atoms with E-state index >= 15 is 0 Å². The lowest BCUT2D eigenvalue weighted by Crippen LogP contribution is -2.06. The molecular formula is C13H10N2O2. The molecule has 0 bridgehead atoms. The first-order chi connectivity index (χ1) is 8.13. The van der Waals surface area contributed by atoms with Crippen molar-refractivity contribution in [2.45, 2.75) is 6.92 Å². The van der Waals surface area contributed by atoms with E-state index in [1.165, 1.54) is 0 Å². The fourth-order valence-electron chi connectivity index (χ4n) is 1.76. The number of anilines is 1. The van der Waals surface area contributed by atoms with Gasteiger partial charge in [0.2, 0.25) is 0 Å². The Hall–Kier alpha value is -2.54. The number of nitrogens with zero attached hydrogens (tertiary/aromatic N) is 1. The standard InChI is InChI=1S/C13H10N2O2/c1-8-2-3-10-9(11(7-14)13(16)17)4-5-15-12(10)6-8/h2-6,15H,1H3,(H,16,17)/b11-9+. The third-order valence-corrected chi connectivity index (χ3v) is 2.55. The molecule has 0 saturated carbocycles. The van der Waals surface area contributed by atoms with Gasteiger partial charge in [-0.2, -0.15) is 5.26 Å². The molecule has 0 unspecified atom stereocenters. The number of carboxylic acids is 1. The Morgan fingerprint density at radius 1 is 1.47 bits per heavy atom. The van der Waals surface area contributed by atoms with Gasteiger partial charge in [-0.1, -0.05) is 12.1 Å². The van der Waals surface area contributed by atoms with Crippen molar-refractivity contribution < 1.29 is 9.90 Å². The zero-order valence-electron chi connectivity index (χ0n) is 9.19. The van der Waals surface area contributed by atoms with Crippen LogP contribution in [-0.4, -0.2) is 11.1 Å². The minimum atomic E-state index is -1.21. The van der Waals surface area contributed by atoms with Gasteiger partial charge in [-0.05, 0) is 24.6 Å². The van der Waals surface area contributed by atoms with E-state index < -0.39 is 5.97 Å². The minimum Gasteiger partial charge on any atom is -0.477 e. The first-order valence-electron chi connectivity index (χ1n) is 5.05. The van der Waals surface area contributed by atoms with Crippen molar-refractivity contribution in [3.05, 3.63) is 47.2 Å². The van der Waals surface area contributed by atoms with Gasteiger partial charge in [0, 0.05) is 23.0 Å². The van der Waals surface area contributed by atoms with Gasteiger partial charge < -0.3 is 10.4 Å². The van der Waals surface area contributed by atoms with E-state index in [2.05, 4.69) is 5.32 Å². The third-order valence-electron chi connectivity index (χ3n) is 2.55. The van der Waals surface area contributed by atoms with Crippen LogP contribution in [0.15, 0.2) is 36.0 Å². The zero-order valence-corrected chi connectivity index (χ0v) is 9.19. The van der Waals surface area contributed by atoms with Crippen molar-refractivity contribution in [1.29, 1.82) is 5.26 Å².